The lowest BCUT2D eigenvalue weighted by Crippen LogP contribution is -2.54. The van der Waals surface area contributed by atoms with Crippen LogP contribution in [0.5, 0.6) is 5.75 Å². The number of phenolic OH excluding ortho intramolecular Hbond substituents is 1. The zero-order valence-electron chi connectivity index (χ0n) is 21.2. The molecule has 4 heterocycles. The van der Waals surface area contributed by atoms with E-state index in [4.69, 9.17) is 5.73 Å². The molecule has 0 spiro atoms. The molecule has 9 nitrogen and oxygen atoms in total. The van der Waals surface area contributed by atoms with Gasteiger partial charge in [0.25, 0.3) is 0 Å². The van der Waals surface area contributed by atoms with Crippen molar-refractivity contribution in [2.24, 2.45) is 5.92 Å². The molecule has 0 amide bonds. The minimum Gasteiger partial charge on any atom is -0.507 e. The highest BCUT2D eigenvalue weighted by Gasteiger charge is 2.41. The molecule has 38 heavy (non-hydrogen) atoms. The third-order valence-corrected chi connectivity index (χ3v) is 8.28. The second kappa shape index (κ2) is 9.86. The van der Waals surface area contributed by atoms with Gasteiger partial charge in [-0.15, -0.1) is 10.2 Å². The molecule has 0 aliphatic carbocycles. The van der Waals surface area contributed by atoms with Crippen molar-refractivity contribution >= 4 is 29.2 Å². The van der Waals surface area contributed by atoms with Crippen molar-refractivity contribution in [3.8, 4) is 23.1 Å². The highest BCUT2D eigenvalue weighted by atomic mass is 16.3. The summed E-state index contributed by atoms with van der Waals surface area (Å²) >= 11 is 0. The molecule has 2 bridgehead atoms. The van der Waals surface area contributed by atoms with Crippen LogP contribution in [0, 0.1) is 17.2 Å². The molecule has 6 rings (SSSR count). The van der Waals surface area contributed by atoms with E-state index in [-0.39, 0.29) is 11.7 Å². The van der Waals surface area contributed by atoms with Gasteiger partial charge in [0.05, 0.1) is 22.6 Å². The van der Waals surface area contributed by atoms with Crippen LogP contribution in [0.4, 0.5) is 22.9 Å². The van der Waals surface area contributed by atoms with E-state index in [9.17, 15) is 15.2 Å². The molecule has 3 aliphatic rings. The van der Waals surface area contributed by atoms with Gasteiger partial charge in [0.15, 0.2) is 5.82 Å². The lowest BCUT2D eigenvalue weighted by Gasteiger charge is -2.44. The number of nitrogens with zero attached hydrogens (tertiary/aromatic N) is 6. The maximum absolute atomic E-state index is 11.2. The predicted octanol–water partition coefficient (Wildman–Crippen LogP) is 3.58. The molecule has 3 aliphatic heterocycles. The Morgan fingerprint density at radius 3 is 2.37 bits per heavy atom. The van der Waals surface area contributed by atoms with Gasteiger partial charge in [0.2, 0.25) is 0 Å². The fourth-order valence-corrected chi connectivity index (χ4v) is 6.30. The first kappa shape index (κ1) is 24.0. The maximum atomic E-state index is 11.2. The van der Waals surface area contributed by atoms with Crippen LogP contribution in [-0.2, 0) is 4.79 Å². The Bertz CT molecular complexity index is 1380. The number of nitrogen functional groups attached to an aromatic ring is 1. The van der Waals surface area contributed by atoms with E-state index in [1.807, 2.05) is 24.3 Å². The number of aromatic nitrogens is 2. The molecule has 2 atom stereocenters. The molecule has 3 saturated heterocycles. The lowest BCUT2D eigenvalue weighted by atomic mass is 9.97. The topological polar surface area (TPSA) is 123 Å². The summed E-state index contributed by atoms with van der Waals surface area (Å²) in [6.07, 6.45) is 4.87. The normalized spacial score (nSPS) is 21.4. The quantitative estimate of drug-likeness (QED) is 0.497. The maximum Gasteiger partial charge on any atom is 0.169 e. The number of aldehydes is 1. The Kier molecular flexibility index (Phi) is 6.24. The van der Waals surface area contributed by atoms with Crippen molar-refractivity contribution in [3.63, 3.8) is 0 Å². The van der Waals surface area contributed by atoms with Crippen molar-refractivity contribution in [1.82, 2.24) is 10.2 Å². The van der Waals surface area contributed by atoms with E-state index >= 15 is 0 Å². The van der Waals surface area contributed by atoms with Crippen LogP contribution in [0.3, 0.4) is 0 Å². The summed E-state index contributed by atoms with van der Waals surface area (Å²) in [6.45, 7) is 3.17. The SMILES string of the molecule is N#Cc1ccc(N2C3CCC2CN(c2cc(-c4ccccc4O)nnc2N)C3)cc1N1CCC(C=O)CC1. The van der Waals surface area contributed by atoms with Crippen LogP contribution < -0.4 is 20.4 Å². The highest BCUT2D eigenvalue weighted by Crippen LogP contribution is 2.40. The Morgan fingerprint density at radius 2 is 1.68 bits per heavy atom. The number of piperidine rings is 1. The van der Waals surface area contributed by atoms with Crippen molar-refractivity contribution in [1.29, 1.82) is 5.26 Å². The fraction of sp³-hybridized carbons (Fsp3) is 0.379. The van der Waals surface area contributed by atoms with Gasteiger partial charge in [-0.1, -0.05) is 12.1 Å². The van der Waals surface area contributed by atoms with Gasteiger partial charge in [-0.3, -0.25) is 0 Å². The van der Waals surface area contributed by atoms with Gasteiger partial charge in [0, 0.05) is 55.4 Å². The number of anilines is 4. The van der Waals surface area contributed by atoms with Crippen molar-refractivity contribution in [2.75, 3.05) is 46.6 Å². The minimum absolute atomic E-state index is 0.116. The van der Waals surface area contributed by atoms with Crippen LogP contribution in [0.15, 0.2) is 48.5 Å². The fourth-order valence-electron chi connectivity index (χ4n) is 6.30. The summed E-state index contributed by atoms with van der Waals surface area (Å²) in [4.78, 5) is 18.3. The average Bonchev–Trinajstić information content (AvgIpc) is 3.22. The second-order valence-electron chi connectivity index (χ2n) is 10.5. The van der Waals surface area contributed by atoms with E-state index in [2.05, 4.69) is 43.1 Å². The van der Waals surface area contributed by atoms with E-state index in [0.717, 1.165) is 75.2 Å². The van der Waals surface area contributed by atoms with Crippen molar-refractivity contribution < 1.29 is 9.90 Å². The largest absolute Gasteiger partial charge is 0.507 e. The average molecular weight is 510 g/mol. The number of piperazine rings is 1. The van der Waals surface area contributed by atoms with Crippen molar-refractivity contribution in [2.45, 2.75) is 37.8 Å². The molecule has 3 N–H and O–H groups in total. The summed E-state index contributed by atoms with van der Waals surface area (Å²) < 4.78 is 0. The first-order chi connectivity index (χ1) is 18.6. The standard InChI is InChI=1S/C29H31N7O2/c30-15-20-5-6-21(13-26(20)34-11-9-19(18-37)10-12-34)36-22-7-8-23(36)17-35(16-22)27-14-25(32-33-29(27)31)24-3-1-2-4-28(24)38/h1-6,13-14,18-19,22-23,38H,7-12,16-17H2,(H2,31,33). The third kappa shape index (κ3) is 4.26. The molecule has 2 unspecified atom stereocenters. The molecule has 2 aromatic carbocycles. The van der Waals surface area contributed by atoms with Gasteiger partial charge < -0.3 is 30.3 Å². The van der Waals surface area contributed by atoms with Gasteiger partial charge in [0.1, 0.15) is 18.1 Å². The lowest BCUT2D eigenvalue weighted by molar-refractivity contribution is -0.111. The highest BCUT2D eigenvalue weighted by molar-refractivity contribution is 5.75. The number of rotatable bonds is 5. The Hall–Kier alpha value is -4.32. The smallest absolute Gasteiger partial charge is 0.169 e. The molecular formula is C29H31N7O2. The van der Waals surface area contributed by atoms with Gasteiger partial charge >= 0.3 is 0 Å². The monoisotopic (exact) mass is 509 g/mol. The van der Waals surface area contributed by atoms with E-state index in [0.29, 0.717) is 34.7 Å². The molecule has 1 aromatic heterocycles. The zero-order chi connectivity index (χ0) is 26.2. The Morgan fingerprint density at radius 1 is 0.947 bits per heavy atom. The van der Waals surface area contributed by atoms with Crippen LogP contribution >= 0.6 is 0 Å². The van der Waals surface area contributed by atoms with Crippen LogP contribution in [0.25, 0.3) is 11.3 Å². The third-order valence-electron chi connectivity index (χ3n) is 8.28. The Labute approximate surface area is 222 Å². The predicted molar refractivity (Wildman–Crippen MR) is 147 cm³/mol. The number of nitriles is 1. The number of nitrogens with two attached hydrogens (primary N) is 1. The summed E-state index contributed by atoms with van der Waals surface area (Å²) in [7, 11) is 0. The van der Waals surface area contributed by atoms with E-state index in [1.165, 1.54) is 0 Å². The number of carbonyl (C=O) groups excluding carboxylic acids is 1. The van der Waals surface area contributed by atoms with Crippen LogP contribution in [0.1, 0.15) is 31.2 Å². The molecule has 194 valence electrons. The van der Waals surface area contributed by atoms with Crippen LogP contribution in [0.2, 0.25) is 0 Å². The summed E-state index contributed by atoms with van der Waals surface area (Å²) in [5.74, 6) is 0.663. The number of para-hydroxylation sites is 1. The number of hydrogen-bond donors (Lipinski definition) is 2. The molecule has 3 fully saturated rings. The van der Waals surface area contributed by atoms with Gasteiger partial charge in [-0.25, -0.2) is 0 Å². The minimum atomic E-state index is 0.116. The number of carbonyl (C=O) groups is 1. The number of fused-ring (bicyclic) bond motifs is 2. The number of hydrogen-bond acceptors (Lipinski definition) is 9. The molecule has 9 heteroatoms. The van der Waals surface area contributed by atoms with Gasteiger partial charge in [-0.05, 0) is 62.1 Å². The summed E-state index contributed by atoms with van der Waals surface area (Å²) in [6, 6.07) is 18.2. The number of aromatic hydroxyl groups is 1. The molecular weight excluding hydrogens is 478 g/mol. The molecule has 0 saturated carbocycles. The van der Waals surface area contributed by atoms with Gasteiger partial charge in [-0.2, -0.15) is 5.26 Å². The first-order valence-electron chi connectivity index (χ1n) is 13.2. The number of benzene rings is 2. The summed E-state index contributed by atoms with van der Waals surface area (Å²) in [5.41, 5.74) is 11.1. The molecule has 0 radical (unpaired) electrons. The van der Waals surface area contributed by atoms with E-state index < -0.39 is 0 Å². The second-order valence-corrected chi connectivity index (χ2v) is 10.5. The van der Waals surface area contributed by atoms with Crippen molar-refractivity contribution in [3.05, 3.63) is 54.1 Å². The molecule has 3 aromatic rings. The Balaban J connectivity index is 1.25. The first-order valence-corrected chi connectivity index (χ1v) is 13.2. The zero-order valence-corrected chi connectivity index (χ0v) is 21.2. The summed E-state index contributed by atoms with van der Waals surface area (Å²) in [5, 5.41) is 28.5. The number of phenols is 1. The van der Waals surface area contributed by atoms with E-state index in [1.54, 1.807) is 12.1 Å². The van der Waals surface area contributed by atoms with Crippen LogP contribution in [-0.4, -0.2) is 59.9 Å².